The van der Waals surface area contributed by atoms with Gasteiger partial charge in [-0.3, -0.25) is 10.2 Å². The molecule has 0 rings (SSSR count). The average molecular weight is 197 g/mol. The molecule has 0 saturated heterocycles. The lowest BCUT2D eigenvalue weighted by atomic mass is 10.6. The minimum Gasteiger partial charge on any atom is -0.409 e. The largest absolute Gasteiger partial charge is 0.409 e. The average Bonchev–Trinajstić information content (AvgIpc) is 2.02. The summed E-state index contributed by atoms with van der Waals surface area (Å²) in [5.74, 6) is -1.17. The molecule has 1 atom stereocenters. The van der Waals surface area contributed by atoms with Crippen molar-refractivity contribution >= 4 is 35.2 Å². The van der Waals surface area contributed by atoms with E-state index in [9.17, 15) is 4.79 Å². The van der Waals surface area contributed by atoms with Crippen molar-refractivity contribution in [3.8, 4) is 0 Å². The standard InChI is InChI=1S/C5H9ClN2O2S/c1-11-5(8)4(7)10-3(9)2-6/h5,7H,2,8H2,1H3. The van der Waals surface area contributed by atoms with Crippen LogP contribution in [0.2, 0.25) is 0 Å². The van der Waals surface area contributed by atoms with E-state index in [4.69, 9.17) is 22.7 Å². The summed E-state index contributed by atoms with van der Waals surface area (Å²) >= 11 is 6.34. The molecule has 11 heavy (non-hydrogen) atoms. The van der Waals surface area contributed by atoms with Gasteiger partial charge in [0.2, 0.25) is 5.90 Å². The predicted molar refractivity (Wildman–Crippen MR) is 46.0 cm³/mol. The summed E-state index contributed by atoms with van der Waals surface area (Å²) in [7, 11) is 0. The Hall–Kier alpha value is -0.260. The van der Waals surface area contributed by atoms with Crippen molar-refractivity contribution in [2.24, 2.45) is 5.73 Å². The third-order valence-corrected chi connectivity index (χ3v) is 1.79. The van der Waals surface area contributed by atoms with Crippen molar-refractivity contribution in [2.75, 3.05) is 12.1 Å². The van der Waals surface area contributed by atoms with Gasteiger partial charge < -0.3 is 10.5 Å². The molecular formula is C5H9ClN2O2S. The van der Waals surface area contributed by atoms with Crippen LogP contribution < -0.4 is 5.73 Å². The van der Waals surface area contributed by atoms with Crippen LogP contribution in [0, 0.1) is 5.41 Å². The molecule has 0 aromatic carbocycles. The Labute approximate surface area is 73.9 Å². The number of rotatable bonds is 3. The van der Waals surface area contributed by atoms with E-state index in [1.165, 1.54) is 11.8 Å². The Morgan fingerprint density at radius 3 is 2.82 bits per heavy atom. The topological polar surface area (TPSA) is 76.2 Å². The molecule has 0 spiro atoms. The summed E-state index contributed by atoms with van der Waals surface area (Å²) in [6.07, 6.45) is 1.72. The monoisotopic (exact) mass is 196 g/mol. The summed E-state index contributed by atoms with van der Waals surface area (Å²) < 4.78 is 4.42. The maximum atomic E-state index is 10.5. The molecule has 0 aliphatic heterocycles. The van der Waals surface area contributed by atoms with Gasteiger partial charge in [-0.2, -0.15) is 0 Å². The zero-order valence-electron chi connectivity index (χ0n) is 5.96. The molecule has 3 N–H and O–H groups in total. The molecule has 1 unspecified atom stereocenters. The maximum Gasteiger partial charge on any atom is 0.327 e. The third-order valence-electron chi connectivity index (χ3n) is 0.845. The highest BCUT2D eigenvalue weighted by Gasteiger charge is 2.12. The van der Waals surface area contributed by atoms with Crippen LogP contribution in [-0.2, 0) is 9.53 Å². The first-order chi connectivity index (χ1) is 5.11. The summed E-state index contributed by atoms with van der Waals surface area (Å²) in [5.41, 5.74) is 5.34. The number of halogens is 1. The predicted octanol–water partition coefficient (Wildman–Crippen LogP) is 0.393. The molecule has 0 aliphatic rings. The van der Waals surface area contributed by atoms with Gasteiger partial charge in [0, 0.05) is 0 Å². The van der Waals surface area contributed by atoms with Gasteiger partial charge in [0.05, 0.1) is 0 Å². The molecule has 0 amide bonds. The highest BCUT2D eigenvalue weighted by molar-refractivity contribution is 7.99. The number of hydrogen-bond donors (Lipinski definition) is 2. The summed E-state index contributed by atoms with van der Waals surface area (Å²) in [5, 5.41) is 6.49. The van der Waals surface area contributed by atoms with Crippen LogP contribution in [0.1, 0.15) is 0 Å². The molecule has 64 valence electrons. The number of hydrogen-bond acceptors (Lipinski definition) is 5. The lowest BCUT2D eigenvalue weighted by Crippen LogP contribution is -2.30. The van der Waals surface area contributed by atoms with E-state index in [0.29, 0.717) is 0 Å². The molecule has 0 fully saturated rings. The second-order valence-corrected chi connectivity index (χ2v) is 2.87. The molecule has 0 heterocycles. The normalized spacial score (nSPS) is 12.3. The second-order valence-electron chi connectivity index (χ2n) is 1.63. The lowest BCUT2D eigenvalue weighted by molar-refractivity contribution is -0.132. The van der Waals surface area contributed by atoms with E-state index in [0.717, 1.165) is 0 Å². The van der Waals surface area contributed by atoms with Crippen LogP contribution in [0.5, 0.6) is 0 Å². The molecular weight excluding hydrogens is 188 g/mol. The van der Waals surface area contributed by atoms with Gasteiger partial charge in [0.1, 0.15) is 11.3 Å². The summed E-state index contributed by atoms with van der Waals surface area (Å²) in [4.78, 5) is 10.5. The van der Waals surface area contributed by atoms with Crippen LogP contribution >= 0.6 is 23.4 Å². The molecule has 0 saturated carbocycles. The number of nitrogens with one attached hydrogen (secondary N) is 1. The highest BCUT2D eigenvalue weighted by atomic mass is 35.5. The molecule has 4 nitrogen and oxygen atoms in total. The zero-order valence-corrected chi connectivity index (χ0v) is 7.54. The fourth-order valence-electron chi connectivity index (χ4n) is 0.315. The molecule has 0 aromatic heterocycles. The van der Waals surface area contributed by atoms with E-state index in [-0.39, 0.29) is 11.8 Å². The lowest BCUT2D eigenvalue weighted by Gasteiger charge is -2.08. The number of nitrogens with two attached hydrogens (primary N) is 1. The van der Waals surface area contributed by atoms with Crippen LogP contribution in [0.15, 0.2) is 0 Å². The molecule has 0 bridgehead atoms. The van der Waals surface area contributed by atoms with Crippen LogP contribution in [-0.4, -0.2) is 29.4 Å². The fourth-order valence-corrected chi connectivity index (χ4v) is 0.632. The SMILES string of the molecule is CSC(N)C(=N)OC(=O)CCl. The van der Waals surface area contributed by atoms with Gasteiger partial charge >= 0.3 is 5.97 Å². The number of carbonyl (C=O) groups is 1. The Balaban J connectivity index is 3.77. The van der Waals surface area contributed by atoms with Gasteiger partial charge in [0.15, 0.2) is 0 Å². The van der Waals surface area contributed by atoms with Crippen molar-refractivity contribution < 1.29 is 9.53 Å². The molecule has 0 radical (unpaired) electrons. The second kappa shape index (κ2) is 5.40. The van der Waals surface area contributed by atoms with Crippen molar-refractivity contribution in [2.45, 2.75) is 5.37 Å². The number of carbonyl (C=O) groups excluding carboxylic acids is 1. The number of thioether (sulfide) groups is 1. The zero-order chi connectivity index (χ0) is 8.85. The third kappa shape index (κ3) is 4.23. The Morgan fingerprint density at radius 1 is 1.91 bits per heavy atom. The molecule has 0 aliphatic carbocycles. The summed E-state index contributed by atoms with van der Waals surface area (Å²) in [6, 6.07) is 0. The Morgan fingerprint density at radius 2 is 2.45 bits per heavy atom. The Bertz CT molecular complexity index is 165. The van der Waals surface area contributed by atoms with Crippen LogP contribution in [0.4, 0.5) is 0 Å². The van der Waals surface area contributed by atoms with Gasteiger partial charge in [-0.1, -0.05) is 0 Å². The number of alkyl halides is 1. The first-order valence-corrected chi connectivity index (χ1v) is 4.57. The van der Waals surface area contributed by atoms with E-state index in [2.05, 4.69) is 4.74 Å². The molecule has 6 heteroatoms. The summed E-state index contributed by atoms with van der Waals surface area (Å²) in [6.45, 7) is 0. The van der Waals surface area contributed by atoms with Crippen molar-refractivity contribution in [3.63, 3.8) is 0 Å². The van der Waals surface area contributed by atoms with Crippen molar-refractivity contribution in [1.29, 1.82) is 5.41 Å². The van der Waals surface area contributed by atoms with Gasteiger partial charge in [0.25, 0.3) is 0 Å². The van der Waals surface area contributed by atoms with Gasteiger partial charge in [-0.05, 0) is 6.26 Å². The minimum atomic E-state index is -0.652. The van der Waals surface area contributed by atoms with E-state index in [1.54, 1.807) is 6.26 Å². The smallest absolute Gasteiger partial charge is 0.327 e. The van der Waals surface area contributed by atoms with E-state index in [1.807, 2.05) is 0 Å². The fraction of sp³-hybridized carbons (Fsp3) is 0.600. The molecule has 0 aromatic rings. The van der Waals surface area contributed by atoms with Crippen molar-refractivity contribution in [3.05, 3.63) is 0 Å². The van der Waals surface area contributed by atoms with Gasteiger partial charge in [-0.25, -0.2) is 0 Å². The van der Waals surface area contributed by atoms with Gasteiger partial charge in [-0.15, -0.1) is 23.4 Å². The van der Waals surface area contributed by atoms with Crippen molar-refractivity contribution in [1.82, 2.24) is 0 Å². The number of ether oxygens (including phenoxy) is 1. The first-order valence-electron chi connectivity index (χ1n) is 2.75. The quantitative estimate of drug-likeness (QED) is 0.225. The van der Waals surface area contributed by atoms with Crippen LogP contribution in [0.3, 0.4) is 0 Å². The van der Waals surface area contributed by atoms with Crippen LogP contribution in [0.25, 0.3) is 0 Å². The van der Waals surface area contributed by atoms with E-state index < -0.39 is 11.3 Å². The minimum absolute atomic E-state index is 0.260. The Kier molecular flexibility index (Phi) is 5.27. The number of esters is 1. The van der Waals surface area contributed by atoms with E-state index >= 15 is 0 Å². The highest BCUT2D eigenvalue weighted by Crippen LogP contribution is 2.01. The first kappa shape index (κ1) is 10.7. The maximum absolute atomic E-state index is 10.5.